The summed E-state index contributed by atoms with van der Waals surface area (Å²) in [6.45, 7) is 10.3. The third-order valence-corrected chi connectivity index (χ3v) is 4.70. The first-order valence-corrected chi connectivity index (χ1v) is 8.29. The minimum absolute atomic E-state index is 0.273. The summed E-state index contributed by atoms with van der Waals surface area (Å²) in [7, 11) is 0. The van der Waals surface area contributed by atoms with E-state index in [4.69, 9.17) is 5.73 Å². The highest BCUT2D eigenvalue weighted by molar-refractivity contribution is 5.94. The van der Waals surface area contributed by atoms with Gasteiger partial charge < -0.3 is 11.1 Å². The van der Waals surface area contributed by atoms with E-state index in [2.05, 4.69) is 37.5 Å². The Bertz CT molecular complexity index is 528. The van der Waals surface area contributed by atoms with Gasteiger partial charge in [-0.1, -0.05) is 6.07 Å². The summed E-state index contributed by atoms with van der Waals surface area (Å²) >= 11 is 0. The number of piperidine rings is 1. The second kappa shape index (κ2) is 7.59. The smallest absolute Gasteiger partial charge is 0.248 e. The SMILES string of the molecule is C=C.Cc1cc(CC2CC2)c(C(N)=O)cc1C1CCCNC1. The van der Waals surface area contributed by atoms with E-state index in [1.165, 1.54) is 36.8 Å². The van der Waals surface area contributed by atoms with Gasteiger partial charge in [0.15, 0.2) is 0 Å². The van der Waals surface area contributed by atoms with E-state index >= 15 is 0 Å². The Morgan fingerprint density at radius 2 is 2.05 bits per heavy atom. The zero-order valence-electron chi connectivity index (χ0n) is 13.7. The van der Waals surface area contributed by atoms with Gasteiger partial charge in [0.05, 0.1) is 0 Å². The molecule has 1 heterocycles. The fourth-order valence-corrected chi connectivity index (χ4v) is 3.37. The van der Waals surface area contributed by atoms with E-state index in [0.29, 0.717) is 5.92 Å². The molecule has 3 N–H and O–H groups in total. The average molecular weight is 300 g/mol. The molecule has 1 amide bonds. The number of benzene rings is 1. The molecule has 1 aromatic rings. The highest BCUT2D eigenvalue weighted by Crippen LogP contribution is 2.35. The summed E-state index contributed by atoms with van der Waals surface area (Å²) in [5, 5.41) is 3.45. The molecule has 0 aromatic heterocycles. The molecular formula is C19H28N2O. The molecule has 1 unspecified atom stereocenters. The van der Waals surface area contributed by atoms with Crippen LogP contribution in [0.4, 0.5) is 0 Å². The van der Waals surface area contributed by atoms with Crippen molar-refractivity contribution < 1.29 is 4.79 Å². The van der Waals surface area contributed by atoms with E-state index in [0.717, 1.165) is 36.6 Å². The summed E-state index contributed by atoms with van der Waals surface area (Å²) < 4.78 is 0. The van der Waals surface area contributed by atoms with Gasteiger partial charge in [0.1, 0.15) is 0 Å². The van der Waals surface area contributed by atoms with Crippen molar-refractivity contribution in [3.8, 4) is 0 Å². The normalized spacial score (nSPS) is 20.9. The second-order valence-corrected chi connectivity index (χ2v) is 6.42. The van der Waals surface area contributed by atoms with Crippen LogP contribution in [0.3, 0.4) is 0 Å². The third-order valence-electron chi connectivity index (χ3n) is 4.70. The molecule has 1 atom stereocenters. The number of hydrogen-bond acceptors (Lipinski definition) is 2. The quantitative estimate of drug-likeness (QED) is 0.838. The summed E-state index contributed by atoms with van der Waals surface area (Å²) in [6, 6.07) is 4.29. The maximum Gasteiger partial charge on any atom is 0.248 e. The van der Waals surface area contributed by atoms with Crippen LogP contribution in [0.25, 0.3) is 0 Å². The molecule has 0 radical (unpaired) electrons. The van der Waals surface area contributed by atoms with Gasteiger partial charge in [0.2, 0.25) is 5.91 Å². The summed E-state index contributed by atoms with van der Waals surface area (Å²) in [5.74, 6) is 1.03. The molecule has 2 fully saturated rings. The van der Waals surface area contributed by atoms with Gasteiger partial charge in [-0.15, -0.1) is 13.2 Å². The summed E-state index contributed by atoms with van der Waals surface area (Å²) in [4.78, 5) is 11.8. The molecule has 3 heteroatoms. The van der Waals surface area contributed by atoms with Crippen LogP contribution in [0.1, 0.15) is 58.6 Å². The number of rotatable bonds is 4. The third kappa shape index (κ3) is 3.98. The van der Waals surface area contributed by atoms with Crippen LogP contribution in [0.15, 0.2) is 25.3 Å². The first-order valence-electron chi connectivity index (χ1n) is 8.29. The van der Waals surface area contributed by atoms with Gasteiger partial charge in [-0.2, -0.15) is 0 Å². The van der Waals surface area contributed by atoms with Crippen molar-refractivity contribution in [3.05, 3.63) is 47.5 Å². The number of carbonyl (C=O) groups excluding carboxylic acids is 1. The van der Waals surface area contributed by atoms with E-state index in [1.54, 1.807) is 0 Å². The van der Waals surface area contributed by atoms with Crippen molar-refractivity contribution in [2.75, 3.05) is 13.1 Å². The van der Waals surface area contributed by atoms with Crippen LogP contribution in [-0.2, 0) is 6.42 Å². The predicted molar refractivity (Wildman–Crippen MR) is 92.2 cm³/mol. The molecule has 1 aromatic carbocycles. The minimum Gasteiger partial charge on any atom is -0.366 e. The van der Waals surface area contributed by atoms with Gasteiger partial charge in [-0.3, -0.25) is 4.79 Å². The molecule has 1 aliphatic heterocycles. The second-order valence-electron chi connectivity index (χ2n) is 6.42. The number of primary amides is 1. The number of carbonyl (C=O) groups is 1. The predicted octanol–water partition coefficient (Wildman–Crippen LogP) is 3.32. The Labute approximate surface area is 134 Å². The Balaban J connectivity index is 0.000000847. The van der Waals surface area contributed by atoms with Gasteiger partial charge in [-0.05, 0) is 80.2 Å². The Hall–Kier alpha value is -1.61. The van der Waals surface area contributed by atoms with Crippen LogP contribution < -0.4 is 11.1 Å². The van der Waals surface area contributed by atoms with Crippen molar-refractivity contribution in [3.63, 3.8) is 0 Å². The monoisotopic (exact) mass is 300 g/mol. The lowest BCUT2D eigenvalue weighted by molar-refractivity contribution is 0.0999. The van der Waals surface area contributed by atoms with Crippen molar-refractivity contribution in [1.82, 2.24) is 5.32 Å². The highest BCUT2D eigenvalue weighted by Gasteiger charge is 2.25. The zero-order chi connectivity index (χ0) is 16.1. The molecule has 1 aliphatic carbocycles. The lowest BCUT2D eigenvalue weighted by Gasteiger charge is -2.25. The molecule has 1 saturated carbocycles. The van der Waals surface area contributed by atoms with Crippen molar-refractivity contribution >= 4 is 5.91 Å². The van der Waals surface area contributed by atoms with E-state index < -0.39 is 0 Å². The van der Waals surface area contributed by atoms with Crippen molar-refractivity contribution in [2.45, 2.75) is 44.9 Å². The van der Waals surface area contributed by atoms with E-state index in [-0.39, 0.29) is 5.91 Å². The Morgan fingerprint density at radius 1 is 1.32 bits per heavy atom. The minimum atomic E-state index is -0.273. The van der Waals surface area contributed by atoms with Crippen LogP contribution in [0, 0.1) is 12.8 Å². The molecule has 120 valence electrons. The molecular weight excluding hydrogens is 272 g/mol. The summed E-state index contributed by atoms with van der Waals surface area (Å²) in [5.41, 5.74) is 10.1. The number of hydrogen-bond donors (Lipinski definition) is 2. The molecule has 1 saturated heterocycles. The lowest BCUT2D eigenvalue weighted by Crippen LogP contribution is -2.29. The average Bonchev–Trinajstić information content (AvgIpc) is 3.34. The van der Waals surface area contributed by atoms with Crippen LogP contribution in [0.2, 0.25) is 0 Å². The first kappa shape index (κ1) is 16.8. The number of amides is 1. The van der Waals surface area contributed by atoms with E-state index in [9.17, 15) is 4.79 Å². The zero-order valence-corrected chi connectivity index (χ0v) is 13.7. The molecule has 0 bridgehead atoms. The largest absolute Gasteiger partial charge is 0.366 e. The van der Waals surface area contributed by atoms with E-state index in [1.807, 2.05) is 0 Å². The van der Waals surface area contributed by atoms with Crippen LogP contribution in [-0.4, -0.2) is 19.0 Å². The van der Waals surface area contributed by atoms with Crippen LogP contribution >= 0.6 is 0 Å². The molecule has 2 aliphatic rings. The van der Waals surface area contributed by atoms with Gasteiger partial charge in [0, 0.05) is 12.1 Å². The fourth-order valence-electron chi connectivity index (χ4n) is 3.37. The van der Waals surface area contributed by atoms with Gasteiger partial charge >= 0.3 is 0 Å². The Kier molecular flexibility index (Phi) is 5.78. The van der Waals surface area contributed by atoms with Crippen molar-refractivity contribution in [1.29, 1.82) is 0 Å². The standard InChI is InChI=1S/C17H24N2O.C2H4/c1-11-7-14(8-12-4-5-12)16(17(18)20)9-15(11)13-3-2-6-19-10-13;1-2/h7,9,12-13,19H,2-6,8,10H2,1H3,(H2,18,20);1-2H2. The summed E-state index contributed by atoms with van der Waals surface area (Å²) in [6.07, 6.45) is 6.02. The lowest BCUT2D eigenvalue weighted by atomic mass is 9.85. The Morgan fingerprint density at radius 3 is 2.59 bits per heavy atom. The number of nitrogens with one attached hydrogen (secondary N) is 1. The van der Waals surface area contributed by atoms with Gasteiger partial charge in [0.25, 0.3) is 0 Å². The highest BCUT2D eigenvalue weighted by atomic mass is 16.1. The number of nitrogens with two attached hydrogens (primary N) is 1. The fraction of sp³-hybridized carbons (Fsp3) is 0.526. The number of aryl methyl sites for hydroxylation is 1. The van der Waals surface area contributed by atoms with Gasteiger partial charge in [-0.25, -0.2) is 0 Å². The maximum atomic E-state index is 11.8. The molecule has 3 nitrogen and oxygen atoms in total. The maximum absolute atomic E-state index is 11.8. The topological polar surface area (TPSA) is 55.1 Å². The molecule has 0 spiro atoms. The first-order chi connectivity index (χ1) is 10.6. The molecule has 3 rings (SSSR count). The molecule has 22 heavy (non-hydrogen) atoms. The van der Waals surface area contributed by atoms with Crippen LogP contribution in [0.5, 0.6) is 0 Å². The van der Waals surface area contributed by atoms with Crippen molar-refractivity contribution in [2.24, 2.45) is 11.7 Å².